The second-order valence-electron chi connectivity index (χ2n) is 20.8. The van der Waals surface area contributed by atoms with Gasteiger partial charge in [-0.25, -0.2) is 4.79 Å². The Kier molecular flexibility index (Phi) is 27.4. The summed E-state index contributed by atoms with van der Waals surface area (Å²) < 4.78 is 40.3. The molecule has 16 nitrogen and oxygen atoms in total. The molecule has 3 aliphatic rings. The van der Waals surface area contributed by atoms with Crippen molar-refractivity contribution in [1.29, 1.82) is 0 Å². The van der Waals surface area contributed by atoms with Gasteiger partial charge in [0.25, 0.3) is 11.7 Å². The molecule has 0 spiro atoms. The zero-order valence-corrected chi connectivity index (χ0v) is 45.4. The second kappa shape index (κ2) is 31.4. The predicted molar refractivity (Wildman–Crippen MR) is 274 cm³/mol. The normalized spacial score (nSPS) is 27.8. The van der Waals surface area contributed by atoms with E-state index in [2.05, 4.69) is 6.58 Å². The molecule has 0 aromatic rings. The van der Waals surface area contributed by atoms with Gasteiger partial charge in [-0.3, -0.25) is 19.2 Å². The Bertz CT molecular complexity index is 1830. The summed E-state index contributed by atoms with van der Waals surface area (Å²) in [5.41, 5.74) is 1.24. The van der Waals surface area contributed by atoms with Crippen LogP contribution in [0, 0.1) is 35.5 Å². The SMILES string of the molecule is C=C/C=C(\C)C(C[C@@H]1CC[C@@H](C)[C@](O)(C(=O)C(=O)N2CCCC[C@H]2C(=O)O[C@@H](CC(=O)[C@H](C)/C=C(\C)[C@@H](O)[C@@H](OC)C(=O)[C@H](C)C[C@H](C)/C=C/C)[C@H](C)C[C@@H]2CC[C@@H](O)[C@H](OC)C2)O1)OCCOCCOC. The number of hydrogen-bond donors (Lipinski definition) is 3. The predicted octanol–water partition coefficient (Wildman–Crippen LogP) is 6.85. The topological polar surface area (TPSA) is 214 Å². The van der Waals surface area contributed by atoms with E-state index in [0.29, 0.717) is 83.2 Å². The molecular formula is C56H91NO15. The molecule has 0 aromatic heterocycles. The van der Waals surface area contributed by atoms with Crippen molar-refractivity contribution < 1.29 is 72.5 Å². The van der Waals surface area contributed by atoms with Crippen LogP contribution in [-0.4, -0.2) is 158 Å². The third-order valence-corrected chi connectivity index (χ3v) is 15.1. The third kappa shape index (κ3) is 18.4. The average Bonchev–Trinajstić information content (AvgIpc) is 3.35. The number of carbonyl (C=O) groups excluding carboxylic acids is 5. The van der Waals surface area contributed by atoms with E-state index in [1.807, 2.05) is 52.8 Å². The summed E-state index contributed by atoms with van der Waals surface area (Å²) in [5.74, 6) is -7.95. The summed E-state index contributed by atoms with van der Waals surface area (Å²) in [4.78, 5) is 72.0. The molecule has 1 amide bonds. The van der Waals surface area contributed by atoms with Gasteiger partial charge in [0.1, 0.15) is 30.1 Å². The van der Waals surface area contributed by atoms with Gasteiger partial charge in [-0.15, -0.1) is 0 Å². The Labute approximate surface area is 430 Å². The first-order chi connectivity index (χ1) is 34.2. The van der Waals surface area contributed by atoms with Crippen LogP contribution >= 0.6 is 0 Å². The van der Waals surface area contributed by atoms with Crippen molar-refractivity contribution in [2.75, 3.05) is 54.3 Å². The summed E-state index contributed by atoms with van der Waals surface area (Å²) in [6.45, 7) is 19.9. The van der Waals surface area contributed by atoms with Gasteiger partial charge in [0, 0.05) is 58.5 Å². The molecule has 0 radical (unpaired) electrons. The number of likely N-dealkylation sites (tertiary alicyclic amines) is 1. The Morgan fingerprint density at radius 1 is 0.917 bits per heavy atom. The lowest BCUT2D eigenvalue weighted by atomic mass is 9.78. The summed E-state index contributed by atoms with van der Waals surface area (Å²) in [5, 5.41) is 33.9. The lowest BCUT2D eigenvalue weighted by Gasteiger charge is -2.43. The molecule has 0 bridgehead atoms. The number of ketones is 3. The van der Waals surface area contributed by atoms with Crippen molar-refractivity contribution in [3.05, 3.63) is 48.1 Å². The molecule has 410 valence electrons. The molecule has 3 N–H and O–H groups in total. The number of amides is 1. The first-order valence-electron chi connectivity index (χ1n) is 26.4. The molecule has 3 rings (SSSR count). The molecule has 1 unspecified atom stereocenters. The van der Waals surface area contributed by atoms with Gasteiger partial charge in [-0.2, -0.15) is 0 Å². The van der Waals surface area contributed by atoms with Gasteiger partial charge in [0.2, 0.25) is 5.79 Å². The number of piperidine rings is 1. The number of hydrogen-bond acceptors (Lipinski definition) is 15. The number of nitrogens with zero attached hydrogens (tertiary/aromatic N) is 1. The van der Waals surface area contributed by atoms with Gasteiger partial charge < -0.3 is 53.4 Å². The van der Waals surface area contributed by atoms with Crippen LogP contribution in [0.4, 0.5) is 0 Å². The van der Waals surface area contributed by atoms with Gasteiger partial charge in [-0.05, 0) is 114 Å². The lowest BCUT2D eigenvalue weighted by molar-refractivity contribution is -0.266. The number of allylic oxidation sites excluding steroid dienone is 5. The number of esters is 1. The molecule has 16 heteroatoms. The number of rotatable bonds is 31. The first kappa shape index (κ1) is 62.8. The zero-order chi connectivity index (χ0) is 53.7. The van der Waals surface area contributed by atoms with E-state index in [1.165, 1.54) is 12.0 Å². The van der Waals surface area contributed by atoms with Gasteiger partial charge in [-0.1, -0.05) is 71.6 Å². The highest BCUT2D eigenvalue weighted by atomic mass is 16.6. The number of aliphatic hydroxyl groups excluding tert-OH is 2. The fourth-order valence-electron chi connectivity index (χ4n) is 10.5. The second-order valence-corrected chi connectivity index (χ2v) is 20.8. The van der Waals surface area contributed by atoms with Crippen LogP contribution in [0.2, 0.25) is 0 Å². The summed E-state index contributed by atoms with van der Waals surface area (Å²) >= 11 is 0. The maximum absolute atomic E-state index is 14.5. The van der Waals surface area contributed by atoms with Crippen LogP contribution in [0.1, 0.15) is 132 Å². The Balaban J connectivity index is 1.84. The molecule has 15 atom stereocenters. The van der Waals surface area contributed by atoms with Crippen LogP contribution < -0.4 is 0 Å². The van der Waals surface area contributed by atoms with Crippen LogP contribution in [0.3, 0.4) is 0 Å². The maximum Gasteiger partial charge on any atom is 0.329 e. The van der Waals surface area contributed by atoms with E-state index in [9.17, 15) is 39.3 Å². The van der Waals surface area contributed by atoms with E-state index < -0.39 is 77.9 Å². The smallest absolute Gasteiger partial charge is 0.329 e. The summed E-state index contributed by atoms with van der Waals surface area (Å²) in [6.07, 6.45) is 8.80. The van der Waals surface area contributed by atoms with Crippen molar-refractivity contribution in [2.45, 2.75) is 187 Å². The first-order valence-corrected chi connectivity index (χ1v) is 26.4. The number of carbonyl (C=O) groups is 5. The van der Waals surface area contributed by atoms with Crippen molar-refractivity contribution >= 4 is 29.2 Å². The molecule has 3 fully saturated rings. The lowest BCUT2D eigenvalue weighted by Crippen LogP contribution is -2.61. The molecule has 1 aliphatic carbocycles. The molecule has 2 aliphatic heterocycles. The highest BCUT2D eigenvalue weighted by Gasteiger charge is 2.53. The minimum absolute atomic E-state index is 0.0656. The highest BCUT2D eigenvalue weighted by Crippen LogP contribution is 2.38. The molecule has 0 aromatic carbocycles. The zero-order valence-electron chi connectivity index (χ0n) is 45.4. The van der Waals surface area contributed by atoms with Gasteiger partial charge in [0.15, 0.2) is 5.78 Å². The van der Waals surface area contributed by atoms with Crippen LogP contribution in [-0.2, 0) is 57.1 Å². The number of methoxy groups -OCH3 is 3. The van der Waals surface area contributed by atoms with E-state index in [4.69, 9.17) is 33.2 Å². The largest absolute Gasteiger partial charge is 0.460 e. The minimum Gasteiger partial charge on any atom is -0.460 e. The fraction of sp³-hybridized carbons (Fsp3) is 0.768. The van der Waals surface area contributed by atoms with E-state index in [0.717, 1.165) is 5.57 Å². The highest BCUT2D eigenvalue weighted by molar-refractivity contribution is 6.39. The average molecular weight is 1020 g/mol. The minimum atomic E-state index is -2.47. The van der Waals surface area contributed by atoms with Crippen LogP contribution in [0.15, 0.2) is 48.1 Å². The number of aliphatic hydroxyl groups is 3. The van der Waals surface area contributed by atoms with Crippen LogP contribution in [0.25, 0.3) is 0 Å². The summed E-state index contributed by atoms with van der Waals surface area (Å²) in [7, 11) is 4.53. The fourth-order valence-corrected chi connectivity index (χ4v) is 10.5. The molecule has 1 saturated carbocycles. The van der Waals surface area contributed by atoms with Crippen molar-refractivity contribution in [3.8, 4) is 0 Å². The molecular weight excluding hydrogens is 927 g/mol. The quantitative estimate of drug-likeness (QED) is 0.0213. The molecule has 2 heterocycles. The maximum atomic E-state index is 14.5. The number of Topliss-reactive ketones (excluding diaryl/α,β-unsaturated/α-hetero) is 3. The Morgan fingerprint density at radius 2 is 1.62 bits per heavy atom. The van der Waals surface area contributed by atoms with Crippen LogP contribution in [0.5, 0.6) is 0 Å². The molecule has 72 heavy (non-hydrogen) atoms. The molecule has 2 saturated heterocycles. The third-order valence-electron chi connectivity index (χ3n) is 15.1. The standard InChI is InChI=1S/C56H91NO15/c1-13-17-35(3)29-39(7)50(60)52(68-12)51(61)40(8)30-37(5)46(59)34-48(38(6)31-42-21-23-45(58)49(32-42)67-11)71-55(64)44-19-15-16-24-57(44)54(63)53(62)56(65)41(9)20-22-43(72-56)33-47(36(4)18-14-2)70-28-27-69-26-25-66-10/h13-14,17-18,30,35,37-39,41-45,47-49,51-52,58,61,65H,2,15-16,19-29,31-34H2,1,3-12H3/b17-13+,36-18+,40-30+/t35-,37-,38-,39-,41-,42+,43+,44+,45-,47?,48+,49-,51-,52+,56-/m1/s1. The summed E-state index contributed by atoms with van der Waals surface area (Å²) in [6, 6.07) is -1.17. The van der Waals surface area contributed by atoms with Crippen molar-refractivity contribution in [1.82, 2.24) is 4.90 Å². The van der Waals surface area contributed by atoms with E-state index in [1.54, 1.807) is 47.1 Å². The Hall–Kier alpha value is -3.45. The van der Waals surface area contributed by atoms with Gasteiger partial charge >= 0.3 is 5.97 Å². The van der Waals surface area contributed by atoms with E-state index >= 15 is 0 Å². The Morgan fingerprint density at radius 3 is 2.28 bits per heavy atom. The van der Waals surface area contributed by atoms with Crippen molar-refractivity contribution in [2.24, 2.45) is 35.5 Å². The van der Waals surface area contributed by atoms with Gasteiger partial charge in [0.05, 0.1) is 50.8 Å². The monoisotopic (exact) mass is 1020 g/mol. The van der Waals surface area contributed by atoms with E-state index in [-0.39, 0.29) is 73.8 Å². The number of ether oxygens (including phenoxy) is 7. The van der Waals surface area contributed by atoms with Crippen molar-refractivity contribution in [3.63, 3.8) is 0 Å².